The SMILES string of the molecule is COC[C@@H](N)c1c(Cl)cccc1I. The molecule has 0 aliphatic rings. The van der Waals surface area contributed by atoms with Crippen molar-refractivity contribution in [2.75, 3.05) is 13.7 Å². The number of methoxy groups -OCH3 is 1. The molecule has 0 aromatic heterocycles. The molecule has 0 amide bonds. The van der Waals surface area contributed by atoms with E-state index in [4.69, 9.17) is 22.1 Å². The molecule has 0 bridgehead atoms. The van der Waals surface area contributed by atoms with Crippen molar-refractivity contribution >= 4 is 34.2 Å². The largest absolute Gasteiger partial charge is 0.383 e. The first-order chi connectivity index (χ1) is 6.16. The molecular formula is C9H11ClINO. The third-order valence-electron chi connectivity index (χ3n) is 1.72. The third kappa shape index (κ3) is 2.80. The van der Waals surface area contributed by atoms with Crippen molar-refractivity contribution in [2.45, 2.75) is 6.04 Å². The molecule has 4 heteroatoms. The van der Waals surface area contributed by atoms with E-state index in [0.717, 1.165) is 9.13 Å². The minimum atomic E-state index is -0.148. The van der Waals surface area contributed by atoms with Gasteiger partial charge in [0.25, 0.3) is 0 Å². The Morgan fingerprint density at radius 2 is 2.31 bits per heavy atom. The molecule has 1 rings (SSSR count). The molecule has 0 aliphatic carbocycles. The van der Waals surface area contributed by atoms with E-state index in [9.17, 15) is 0 Å². The molecule has 2 nitrogen and oxygen atoms in total. The lowest BCUT2D eigenvalue weighted by atomic mass is 10.1. The first-order valence-electron chi connectivity index (χ1n) is 3.85. The minimum Gasteiger partial charge on any atom is -0.383 e. The predicted octanol–water partition coefficient (Wildman–Crippen LogP) is 2.59. The second kappa shape index (κ2) is 5.14. The number of ether oxygens (including phenoxy) is 1. The molecule has 0 fully saturated rings. The Labute approximate surface area is 96.5 Å². The zero-order valence-corrected chi connectivity index (χ0v) is 10.2. The van der Waals surface area contributed by atoms with Gasteiger partial charge in [-0.1, -0.05) is 17.7 Å². The molecule has 0 saturated heterocycles. The van der Waals surface area contributed by atoms with E-state index in [2.05, 4.69) is 22.6 Å². The predicted molar refractivity (Wildman–Crippen MR) is 63.0 cm³/mol. The molecule has 1 aromatic rings. The number of hydrogen-bond acceptors (Lipinski definition) is 2. The Bertz CT molecular complexity index is 273. The highest BCUT2D eigenvalue weighted by Gasteiger charge is 2.12. The van der Waals surface area contributed by atoms with E-state index in [1.165, 1.54) is 0 Å². The molecule has 72 valence electrons. The first kappa shape index (κ1) is 11.2. The normalized spacial score (nSPS) is 12.9. The lowest BCUT2D eigenvalue weighted by Gasteiger charge is -2.14. The molecule has 0 heterocycles. The standard InChI is InChI=1S/C9H11ClINO/c1-13-5-8(12)9-6(10)3-2-4-7(9)11/h2-4,8H,5,12H2,1H3/t8-/m1/s1. The van der Waals surface area contributed by atoms with Crippen LogP contribution in [0.25, 0.3) is 0 Å². The number of rotatable bonds is 3. The number of benzene rings is 1. The summed E-state index contributed by atoms with van der Waals surface area (Å²) >= 11 is 8.24. The van der Waals surface area contributed by atoms with Crippen molar-refractivity contribution in [3.8, 4) is 0 Å². The maximum absolute atomic E-state index is 6.02. The van der Waals surface area contributed by atoms with Gasteiger partial charge in [0.2, 0.25) is 0 Å². The van der Waals surface area contributed by atoms with Gasteiger partial charge in [-0.05, 0) is 34.7 Å². The maximum Gasteiger partial charge on any atom is 0.0656 e. The van der Waals surface area contributed by atoms with Gasteiger partial charge in [-0.2, -0.15) is 0 Å². The van der Waals surface area contributed by atoms with Crippen LogP contribution in [0.15, 0.2) is 18.2 Å². The van der Waals surface area contributed by atoms with Crippen LogP contribution in [0.5, 0.6) is 0 Å². The number of halogens is 2. The Hall–Kier alpha value is 0.160. The fourth-order valence-corrected chi connectivity index (χ4v) is 2.50. The van der Waals surface area contributed by atoms with E-state index in [1.54, 1.807) is 7.11 Å². The Morgan fingerprint density at radius 3 is 2.85 bits per heavy atom. The molecule has 0 aliphatic heterocycles. The van der Waals surface area contributed by atoms with Crippen LogP contribution < -0.4 is 5.73 Å². The molecule has 1 atom stereocenters. The summed E-state index contributed by atoms with van der Waals surface area (Å²) in [6, 6.07) is 5.59. The van der Waals surface area contributed by atoms with Gasteiger partial charge in [0.15, 0.2) is 0 Å². The van der Waals surface area contributed by atoms with Gasteiger partial charge >= 0.3 is 0 Å². The van der Waals surface area contributed by atoms with Crippen LogP contribution in [0.2, 0.25) is 5.02 Å². The van der Waals surface area contributed by atoms with Crippen LogP contribution in [0.3, 0.4) is 0 Å². The average Bonchev–Trinajstić information content (AvgIpc) is 2.04. The van der Waals surface area contributed by atoms with E-state index < -0.39 is 0 Å². The lowest BCUT2D eigenvalue weighted by molar-refractivity contribution is 0.180. The van der Waals surface area contributed by atoms with Crippen LogP contribution in [-0.2, 0) is 4.74 Å². The van der Waals surface area contributed by atoms with Gasteiger partial charge in [-0.3, -0.25) is 0 Å². The molecule has 1 aromatic carbocycles. The van der Waals surface area contributed by atoms with Gasteiger partial charge in [0.05, 0.1) is 12.6 Å². The fourth-order valence-electron chi connectivity index (χ4n) is 1.13. The van der Waals surface area contributed by atoms with Gasteiger partial charge < -0.3 is 10.5 Å². The van der Waals surface area contributed by atoms with Crippen molar-refractivity contribution in [1.82, 2.24) is 0 Å². The van der Waals surface area contributed by atoms with Crippen molar-refractivity contribution in [3.05, 3.63) is 32.4 Å². The number of hydrogen-bond donors (Lipinski definition) is 1. The van der Waals surface area contributed by atoms with Crippen molar-refractivity contribution in [3.63, 3.8) is 0 Å². The molecule has 0 spiro atoms. The highest BCUT2D eigenvalue weighted by atomic mass is 127. The van der Waals surface area contributed by atoms with Crippen LogP contribution in [0.4, 0.5) is 0 Å². The molecule has 0 saturated carbocycles. The van der Waals surface area contributed by atoms with Crippen molar-refractivity contribution in [2.24, 2.45) is 5.73 Å². The number of nitrogens with two attached hydrogens (primary N) is 1. The topological polar surface area (TPSA) is 35.2 Å². The molecular weight excluding hydrogens is 300 g/mol. The monoisotopic (exact) mass is 311 g/mol. The van der Waals surface area contributed by atoms with Gasteiger partial charge in [0, 0.05) is 21.3 Å². The second-order valence-corrected chi connectivity index (χ2v) is 4.27. The summed E-state index contributed by atoms with van der Waals surface area (Å²) in [4.78, 5) is 0. The van der Waals surface area contributed by atoms with E-state index in [1.807, 2.05) is 18.2 Å². The minimum absolute atomic E-state index is 0.148. The lowest BCUT2D eigenvalue weighted by Crippen LogP contribution is -2.17. The Balaban J connectivity index is 2.98. The zero-order valence-electron chi connectivity index (χ0n) is 7.26. The Kier molecular flexibility index (Phi) is 4.45. The highest BCUT2D eigenvalue weighted by molar-refractivity contribution is 14.1. The summed E-state index contributed by atoms with van der Waals surface area (Å²) in [6.07, 6.45) is 0. The zero-order chi connectivity index (χ0) is 9.84. The van der Waals surface area contributed by atoms with Gasteiger partial charge in [0.1, 0.15) is 0 Å². The second-order valence-electron chi connectivity index (χ2n) is 2.70. The van der Waals surface area contributed by atoms with E-state index in [0.29, 0.717) is 11.6 Å². The summed E-state index contributed by atoms with van der Waals surface area (Å²) in [6.45, 7) is 0.486. The van der Waals surface area contributed by atoms with Crippen LogP contribution in [0, 0.1) is 3.57 Å². The first-order valence-corrected chi connectivity index (χ1v) is 5.31. The summed E-state index contributed by atoms with van der Waals surface area (Å²) in [5.74, 6) is 0. The quantitative estimate of drug-likeness (QED) is 0.871. The fraction of sp³-hybridized carbons (Fsp3) is 0.333. The molecule has 0 unspecified atom stereocenters. The highest BCUT2D eigenvalue weighted by Crippen LogP contribution is 2.26. The van der Waals surface area contributed by atoms with Crippen LogP contribution in [-0.4, -0.2) is 13.7 Å². The molecule has 2 N–H and O–H groups in total. The summed E-state index contributed by atoms with van der Waals surface area (Å²) in [7, 11) is 1.63. The Morgan fingerprint density at radius 1 is 1.62 bits per heavy atom. The van der Waals surface area contributed by atoms with Crippen molar-refractivity contribution < 1.29 is 4.74 Å². The van der Waals surface area contributed by atoms with E-state index >= 15 is 0 Å². The maximum atomic E-state index is 6.02. The molecule has 0 radical (unpaired) electrons. The van der Waals surface area contributed by atoms with Crippen LogP contribution >= 0.6 is 34.2 Å². The average molecular weight is 312 g/mol. The van der Waals surface area contributed by atoms with Crippen LogP contribution in [0.1, 0.15) is 11.6 Å². The van der Waals surface area contributed by atoms with E-state index in [-0.39, 0.29) is 6.04 Å². The van der Waals surface area contributed by atoms with Gasteiger partial charge in [-0.25, -0.2) is 0 Å². The van der Waals surface area contributed by atoms with Crippen molar-refractivity contribution in [1.29, 1.82) is 0 Å². The third-order valence-corrected chi connectivity index (χ3v) is 2.99. The summed E-state index contributed by atoms with van der Waals surface area (Å²) in [5.41, 5.74) is 6.86. The summed E-state index contributed by atoms with van der Waals surface area (Å²) in [5, 5.41) is 0.705. The van der Waals surface area contributed by atoms with Gasteiger partial charge in [-0.15, -0.1) is 0 Å². The smallest absolute Gasteiger partial charge is 0.0656 e. The summed E-state index contributed by atoms with van der Waals surface area (Å²) < 4.78 is 6.06. The molecule has 13 heavy (non-hydrogen) atoms.